The Morgan fingerprint density at radius 3 is 2.62 bits per heavy atom. The molecule has 3 aliphatic heterocycles. The highest BCUT2D eigenvalue weighted by Gasteiger charge is 2.57. The Labute approximate surface area is 218 Å². The molecule has 9 nitrogen and oxygen atoms in total. The predicted molar refractivity (Wildman–Crippen MR) is 124 cm³/mol. The van der Waals surface area contributed by atoms with Gasteiger partial charge in [0, 0.05) is 36.5 Å². The van der Waals surface area contributed by atoms with Gasteiger partial charge in [-0.3, -0.25) is 19.2 Å². The lowest BCUT2D eigenvalue weighted by atomic mass is 9.83. The van der Waals surface area contributed by atoms with Crippen LogP contribution in [0, 0.1) is 11.6 Å². The molecule has 210 valence electrons. The number of aromatic nitrogens is 1. The van der Waals surface area contributed by atoms with Gasteiger partial charge in [-0.15, -0.1) is 0 Å². The average Bonchev–Trinajstić information content (AvgIpc) is 3.11. The summed E-state index contributed by atoms with van der Waals surface area (Å²) in [4.78, 5) is 45.5. The van der Waals surface area contributed by atoms with Gasteiger partial charge in [0.1, 0.15) is 22.8 Å². The molecule has 0 radical (unpaired) electrons. The molecule has 3 N–H and O–H groups in total. The second kappa shape index (κ2) is 9.30. The van der Waals surface area contributed by atoms with Crippen molar-refractivity contribution in [1.82, 2.24) is 14.5 Å². The van der Waals surface area contributed by atoms with Gasteiger partial charge < -0.3 is 20.3 Å². The minimum Gasteiger partial charge on any atom is -0.503 e. The molecule has 1 aromatic heterocycles. The topological polar surface area (TPSA) is 118 Å². The van der Waals surface area contributed by atoms with Crippen molar-refractivity contribution in [2.24, 2.45) is 5.73 Å². The summed E-state index contributed by atoms with van der Waals surface area (Å²) in [5, 5.41) is 11.7. The smallest absolute Gasteiger partial charge is 0.390 e. The van der Waals surface area contributed by atoms with Gasteiger partial charge in [0.05, 0.1) is 19.0 Å². The number of primary amides is 1. The van der Waals surface area contributed by atoms with Crippen LogP contribution in [0.4, 0.5) is 22.0 Å². The highest BCUT2D eigenvalue weighted by molar-refractivity contribution is 5.99. The van der Waals surface area contributed by atoms with Gasteiger partial charge >= 0.3 is 6.18 Å². The molecule has 3 aliphatic rings. The summed E-state index contributed by atoms with van der Waals surface area (Å²) in [6.07, 6.45) is -4.60. The van der Waals surface area contributed by atoms with E-state index in [1.54, 1.807) is 6.92 Å². The van der Waals surface area contributed by atoms with Gasteiger partial charge in [-0.1, -0.05) is 6.07 Å². The molecule has 14 heteroatoms. The van der Waals surface area contributed by atoms with Crippen molar-refractivity contribution in [2.45, 2.75) is 69.1 Å². The minimum absolute atomic E-state index is 0.0506. The lowest BCUT2D eigenvalue weighted by molar-refractivity contribution is -0.238. The number of alkyl halides is 3. The van der Waals surface area contributed by atoms with Crippen molar-refractivity contribution in [1.29, 1.82) is 0 Å². The number of halogens is 5. The summed E-state index contributed by atoms with van der Waals surface area (Å²) >= 11 is 0. The molecule has 1 spiro atoms. The molecule has 4 atom stereocenters. The zero-order valence-corrected chi connectivity index (χ0v) is 20.7. The molecule has 2 fully saturated rings. The molecule has 2 saturated heterocycles. The zero-order valence-electron chi connectivity index (χ0n) is 20.7. The summed E-state index contributed by atoms with van der Waals surface area (Å²) in [5.74, 6) is -4.63. The van der Waals surface area contributed by atoms with E-state index in [1.165, 1.54) is 9.47 Å². The first-order valence-corrected chi connectivity index (χ1v) is 12.3. The molecule has 0 aliphatic carbocycles. The average molecular weight is 556 g/mol. The summed E-state index contributed by atoms with van der Waals surface area (Å²) in [6.45, 7) is 1.25. The molecular weight excluding hydrogens is 531 g/mol. The Morgan fingerprint density at radius 1 is 1.26 bits per heavy atom. The fourth-order valence-electron chi connectivity index (χ4n) is 5.93. The lowest BCUT2D eigenvalue weighted by Gasteiger charge is -2.42. The number of hydrogen-bond donors (Lipinski definition) is 2. The van der Waals surface area contributed by atoms with E-state index >= 15 is 0 Å². The third-order valence-electron chi connectivity index (χ3n) is 7.87. The number of fused-ring (bicyclic) bond motifs is 5. The lowest BCUT2D eigenvalue weighted by Crippen LogP contribution is -2.52. The van der Waals surface area contributed by atoms with Gasteiger partial charge in [-0.2, -0.15) is 18.2 Å². The Kier molecular flexibility index (Phi) is 6.45. The van der Waals surface area contributed by atoms with Crippen molar-refractivity contribution >= 4 is 11.8 Å². The maximum atomic E-state index is 14.5. The van der Waals surface area contributed by atoms with Crippen LogP contribution in [-0.4, -0.2) is 61.9 Å². The van der Waals surface area contributed by atoms with E-state index in [-0.39, 0.29) is 24.9 Å². The van der Waals surface area contributed by atoms with Crippen molar-refractivity contribution in [3.63, 3.8) is 0 Å². The predicted octanol–water partition coefficient (Wildman–Crippen LogP) is 3.01. The van der Waals surface area contributed by atoms with Crippen LogP contribution in [0.3, 0.4) is 0 Å². The molecule has 1 unspecified atom stereocenters. The molecule has 2 bridgehead atoms. The fourth-order valence-corrected chi connectivity index (χ4v) is 5.93. The Hall–Kier alpha value is -3.52. The highest BCUT2D eigenvalue weighted by Crippen LogP contribution is 2.50. The quantitative estimate of drug-likeness (QED) is 0.560. The highest BCUT2D eigenvalue weighted by atomic mass is 19.4. The Balaban J connectivity index is 1.63. The van der Waals surface area contributed by atoms with Crippen molar-refractivity contribution in [2.75, 3.05) is 6.54 Å². The van der Waals surface area contributed by atoms with E-state index in [1.807, 2.05) is 0 Å². The second-order valence-corrected chi connectivity index (χ2v) is 10.3. The summed E-state index contributed by atoms with van der Waals surface area (Å²) in [7, 11) is 0. The number of rotatable bonds is 4. The van der Waals surface area contributed by atoms with Gasteiger partial charge in [0.2, 0.25) is 5.43 Å². The number of pyridine rings is 1. The van der Waals surface area contributed by atoms with Gasteiger partial charge in [0.25, 0.3) is 11.8 Å². The number of benzene rings is 1. The number of amides is 2. The largest absolute Gasteiger partial charge is 0.503 e. The fraction of sp³-hybridized carbons (Fsp3) is 0.480. The molecule has 1 aromatic carbocycles. The van der Waals surface area contributed by atoms with Crippen LogP contribution >= 0.6 is 0 Å². The minimum atomic E-state index is -4.61. The van der Waals surface area contributed by atoms with Crippen LogP contribution in [0.25, 0.3) is 0 Å². The van der Waals surface area contributed by atoms with Crippen LogP contribution in [-0.2, 0) is 11.4 Å². The van der Waals surface area contributed by atoms with E-state index in [0.717, 1.165) is 23.4 Å². The standard InChI is InChI=1S/C25H25F5N4O5/c1-12-4-5-24(18-11-32(12)23(38)19-21(36)20(35)16(22(31)37)10-33(18)19)7-15(8-25(28,29)30)34(39-24)9-13-2-3-14(26)6-17(13)27/h2-3,6,10,12,15,18,36H,4-5,7-9,11H2,1H3,(H2,31,37)/t12-,15?,18+,24-/m0/s1. The van der Waals surface area contributed by atoms with Crippen LogP contribution in [0.5, 0.6) is 5.75 Å². The van der Waals surface area contributed by atoms with Crippen LogP contribution in [0.15, 0.2) is 29.2 Å². The SMILES string of the molecule is C[C@H]1CC[C@]2(CC(CC(F)(F)F)N(Cc3ccc(F)cc3F)O2)[C@H]2CN1C(=O)c1c(O)c(=O)c(C(N)=O)cn12. The number of nitrogens with two attached hydrogens (primary N) is 1. The van der Waals surface area contributed by atoms with Gasteiger partial charge in [0.15, 0.2) is 11.4 Å². The van der Waals surface area contributed by atoms with E-state index in [4.69, 9.17) is 10.6 Å². The maximum Gasteiger partial charge on any atom is 0.390 e. The molecule has 0 saturated carbocycles. The number of carbonyl (C=O) groups is 2. The van der Waals surface area contributed by atoms with Crippen molar-refractivity contribution < 1.29 is 41.5 Å². The van der Waals surface area contributed by atoms with Crippen LogP contribution in [0.1, 0.15) is 65.1 Å². The maximum absolute atomic E-state index is 14.5. The number of aromatic hydroxyl groups is 1. The number of hydroxylamine groups is 2. The van der Waals surface area contributed by atoms with E-state index < -0.39 is 88.8 Å². The third-order valence-corrected chi connectivity index (χ3v) is 7.87. The van der Waals surface area contributed by atoms with E-state index in [0.29, 0.717) is 12.5 Å². The first-order valence-electron chi connectivity index (χ1n) is 12.3. The molecule has 5 rings (SSSR count). The number of carbonyl (C=O) groups excluding carboxylic acids is 2. The van der Waals surface area contributed by atoms with Gasteiger partial charge in [-0.25, -0.2) is 8.78 Å². The first kappa shape index (κ1) is 27.1. The number of hydrogen-bond acceptors (Lipinski definition) is 6. The molecule has 4 heterocycles. The normalized spacial score (nSPS) is 27.1. The molecular formula is C25H25F5N4O5. The first-order chi connectivity index (χ1) is 18.2. The van der Waals surface area contributed by atoms with Crippen LogP contribution in [0.2, 0.25) is 0 Å². The monoisotopic (exact) mass is 556 g/mol. The summed E-state index contributed by atoms with van der Waals surface area (Å²) < 4.78 is 70.1. The molecule has 2 aromatic rings. The van der Waals surface area contributed by atoms with E-state index in [9.17, 15) is 41.4 Å². The van der Waals surface area contributed by atoms with Crippen molar-refractivity contribution in [3.8, 4) is 5.75 Å². The van der Waals surface area contributed by atoms with Crippen molar-refractivity contribution in [3.05, 3.63) is 63.1 Å². The zero-order chi connectivity index (χ0) is 28.4. The number of nitrogens with zero attached hydrogens (tertiary/aromatic N) is 3. The van der Waals surface area contributed by atoms with Gasteiger partial charge in [-0.05, 0) is 32.3 Å². The Morgan fingerprint density at radius 2 is 1.97 bits per heavy atom. The summed E-state index contributed by atoms with van der Waals surface area (Å²) in [5.41, 5.74) is 1.67. The third kappa shape index (κ3) is 4.65. The summed E-state index contributed by atoms with van der Waals surface area (Å²) in [6, 6.07) is 0.100. The molecule has 2 amide bonds. The second-order valence-electron chi connectivity index (χ2n) is 10.3. The van der Waals surface area contributed by atoms with E-state index in [2.05, 4.69) is 0 Å². The Bertz CT molecular complexity index is 1410. The van der Waals surface area contributed by atoms with Crippen LogP contribution < -0.4 is 11.2 Å². The molecule has 39 heavy (non-hydrogen) atoms.